The van der Waals surface area contributed by atoms with Crippen LogP contribution in [0.5, 0.6) is 0 Å². The molecule has 1 atom stereocenters. The maximum atomic E-state index is 12.4. The van der Waals surface area contributed by atoms with Gasteiger partial charge in [0.05, 0.1) is 5.56 Å². The second-order valence-corrected chi connectivity index (χ2v) is 4.18. The first kappa shape index (κ1) is 12.3. The zero-order chi connectivity index (χ0) is 13.1. The van der Waals surface area contributed by atoms with Crippen molar-refractivity contribution >= 4 is 17.5 Å². The normalized spacial score (nSPS) is 19.5. The van der Waals surface area contributed by atoms with E-state index in [0.717, 1.165) is 0 Å². The van der Waals surface area contributed by atoms with Gasteiger partial charge in [0.15, 0.2) is 0 Å². The number of nitrogens with two attached hydrogens (primary N) is 1. The molecule has 1 aromatic heterocycles. The third-order valence-corrected chi connectivity index (χ3v) is 3.06. The van der Waals surface area contributed by atoms with Crippen molar-refractivity contribution in [2.24, 2.45) is 0 Å². The molecule has 3 N–H and O–H groups in total. The summed E-state index contributed by atoms with van der Waals surface area (Å²) in [6, 6.07) is 1.16. The minimum Gasteiger partial charge on any atom is -0.398 e. The molecule has 0 aromatic carbocycles. The van der Waals surface area contributed by atoms with Gasteiger partial charge in [0.1, 0.15) is 6.04 Å². The van der Waals surface area contributed by atoms with E-state index in [0.29, 0.717) is 30.8 Å². The van der Waals surface area contributed by atoms with Crippen molar-refractivity contribution in [1.29, 1.82) is 0 Å². The average Bonchev–Trinajstić information content (AvgIpc) is 2.38. The zero-order valence-electron chi connectivity index (χ0n) is 10.2. The SMILES string of the molecule is CCC1C(=O)NCCN1C(=O)c1cnccc1N. The molecule has 0 aliphatic carbocycles. The van der Waals surface area contributed by atoms with E-state index in [9.17, 15) is 9.59 Å². The van der Waals surface area contributed by atoms with E-state index in [4.69, 9.17) is 5.73 Å². The van der Waals surface area contributed by atoms with Crippen LogP contribution in [0.25, 0.3) is 0 Å². The fourth-order valence-corrected chi connectivity index (χ4v) is 2.10. The molecule has 1 unspecified atom stereocenters. The van der Waals surface area contributed by atoms with Crippen LogP contribution in [0, 0.1) is 0 Å². The monoisotopic (exact) mass is 248 g/mol. The molecule has 2 amide bonds. The van der Waals surface area contributed by atoms with Crippen LogP contribution in [-0.4, -0.2) is 40.8 Å². The number of amides is 2. The number of pyridine rings is 1. The van der Waals surface area contributed by atoms with Gasteiger partial charge in [-0.2, -0.15) is 0 Å². The lowest BCUT2D eigenvalue weighted by molar-refractivity contribution is -0.127. The van der Waals surface area contributed by atoms with Gasteiger partial charge in [-0.15, -0.1) is 0 Å². The van der Waals surface area contributed by atoms with Crippen LogP contribution in [0.3, 0.4) is 0 Å². The van der Waals surface area contributed by atoms with Gasteiger partial charge >= 0.3 is 0 Å². The molecule has 0 radical (unpaired) electrons. The minimum absolute atomic E-state index is 0.112. The lowest BCUT2D eigenvalue weighted by atomic mass is 10.1. The smallest absolute Gasteiger partial charge is 0.258 e. The third kappa shape index (κ3) is 2.13. The largest absolute Gasteiger partial charge is 0.398 e. The molecule has 6 heteroatoms. The molecule has 6 nitrogen and oxygen atoms in total. The number of nitrogens with zero attached hydrogens (tertiary/aromatic N) is 2. The molecular weight excluding hydrogens is 232 g/mol. The molecule has 1 aliphatic heterocycles. The summed E-state index contributed by atoms with van der Waals surface area (Å²) in [4.78, 5) is 29.5. The summed E-state index contributed by atoms with van der Waals surface area (Å²) >= 11 is 0. The Labute approximate surface area is 105 Å². The molecule has 18 heavy (non-hydrogen) atoms. The highest BCUT2D eigenvalue weighted by Gasteiger charge is 2.32. The second kappa shape index (κ2) is 5.03. The number of anilines is 1. The van der Waals surface area contributed by atoms with Crippen molar-refractivity contribution in [3.05, 3.63) is 24.0 Å². The van der Waals surface area contributed by atoms with Gasteiger partial charge < -0.3 is 16.0 Å². The Morgan fingerprint density at radius 3 is 3.11 bits per heavy atom. The molecule has 1 aromatic rings. The number of nitrogen functional groups attached to an aromatic ring is 1. The van der Waals surface area contributed by atoms with Crippen molar-refractivity contribution < 1.29 is 9.59 Å². The van der Waals surface area contributed by atoms with Crippen molar-refractivity contribution in [3.63, 3.8) is 0 Å². The van der Waals surface area contributed by atoms with Gasteiger partial charge in [0.2, 0.25) is 5.91 Å². The van der Waals surface area contributed by atoms with E-state index in [1.54, 1.807) is 11.0 Å². The van der Waals surface area contributed by atoms with E-state index in [2.05, 4.69) is 10.3 Å². The van der Waals surface area contributed by atoms with Gasteiger partial charge in [-0.25, -0.2) is 0 Å². The minimum atomic E-state index is -0.425. The van der Waals surface area contributed by atoms with Gasteiger partial charge in [-0.3, -0.25) is 14.6 Å². The average molecular weight is 248 g/mol. The van der Waals surface area contributed by atoms with Crippen molar-refractivity contribution in [2.45, 2.75) is 19.4 Å². The molecule has 2 heterocycles. The Kier molecular flexibility index (Phi) is 3.45. The Hall–Kier alpha value is -2.11. The summed E-state index contributed by atoms with van der Waals surface area (Å²) in [5.41, 5.74) is 6.50. The summed E-state index contributed by atoms with van der Waals surface area (Å²) in [6.07, 6.45) is 3.56. The first-order valence-electron chi connectivity index (χ1n) is 5.93. The molecule has 2 rings (SSSR count). The number of nitrogens with one attached hydrogen (secondary N) is 1. The van der Waals surface area contributed by atoms with Crippen LogP contribution < -0.4 is 11.1 Å². The molecule has 1 fully saturated rings. The number of carbonyl (C=O) groups is 2. The number of hydrogen-bond acceptors (Lipinski definition) is 4. The first-order chi connectivity index (χ1) is 8.65. The predicted octanol–water partition coefficient (Wildman–Crippen LogP) is 0.0144. The predicted molar refractivity (Wildman–Crippen MR) is 66.8 cm³/mol. The van der Waals surface area contributed by atoms with Crippen molar-refractivity contribution in [2.75, 3.05) is 18.8 Å². The molecular formula is C12H16N4O2. The summed E-state index contributed by atoms with van der Waals surface area (Å²) in [6.45, 7) is 2.85. The molecule has 96 valence electrons. The lowest BCUT2D eigenvalue weighted by Gasteiger charge is -2.34. The van der Waals surface area contributed by atoms with Gasteiger partial charge in [0, 0.05) is 31.2 Å². The highest BCUT2D eigenvalue weighted by molar-refractivity contribution is 6.01. The number of aromatic nitrogens is 1. The first-order valence-corrected chi connectivity index (χ1v) is 5.93. The Bertz CT molecular complexity index is 475. The van der Waals surface area contributed by atoms with E-state index in [1.165, 1.54) is 12.4 Å². The molecule has 0 saturated carbocycles. The zero-order valence-corrected chi connectivity index (χ0v) is 10.2. The summed E-state index contributed by atoms with van der Waals surface area (Å²) in [5.74, 6) is -0.345. The fourth-order valence-electron chi connectivity index (χ4n) is 2.10. The van der Waals surface area contributed by atoms with Crippen LogP contribution >= 0.6 is 0 Å². The van der Waals surface area contributed by atoms with E-state index < -0.39 is 6.04 Å². The number of hydrogen-bond donors (Lipinski definition) is 2. The van der Waals surface area contributed by atoms with Crippen molar-refractivity contribution in [1.82, 2.24) is 15.2 Å². The van der Waals surface area contributed by atoms with Crippen LogP contribution in [0.2, 0.25) is 0 Å². The fraction of sp³-hybridized carbons (Fsp3) is 0.417. The Balaban J connectivity index is 2.27. The third-order valence-electron chi connectivity index (χ3n) is 3.06. The molecule has 0 spiro atoms. The van der Waals surface area contributed by atoms with E-state index in [1.807, 2.05) is 6.92 Å². The maximum absolute atomic E-state index is 12.4. The summed E-state index contributed by atoms with van der Waals surface area (Å²) in [5, 5.41) is 2.75. The summed E-state index contributed by atoms with van der Waals surface area (Å²) in [7, 11) is 0. The Morgan fingerprint density at radius 1 is 1.67 bits per heavy atom. The molecule has 1 saturated heterocycles. The van der Waals surface area contributed by atoms with Crippen LogP contribution in [0.4, 0.5) is 5.69 Å². The number of carbonyl (C=O) groups excluding carboxylic acids is 2. The lowest BCUT2D eigenvalue weighted by Crippen LogP contribution is -2.57. The molecule has 0 bridgehead atoms. The second-order valence-electron chi connectivity index (χ2n) is 4.18. The van der Waals surface area contributed by atoms with E-state index in [-0.39, 0.29) is 11.8 Å². The van der Waals surface area contributed by atoms with Crippen LogP contribution in [-0.2, 0) is 4.79 Å². The van der Waals surface area contributed by atoms with Crippen LogP contribution in [0.15, 0.2) is 18.5 Å². The number of rotatable bonds is 2. The standard InChI is InChI=1S/C12H16N4O2/c1-2-10-11(17)15-5-6-16(10)12(18)8-7-14-4-3-9(8)13/h3-4,7,10H,2,5-6H2,1H3,(H2,13,14)(H,15,17). The van der Waals surface area contributed by atoms with Gasteiger partial charge in [0.25, 0.3) is 5.91 Å². The van der Waals surface area contributed by atoms with Crippen molar-refractivity contribution in [3.8, 4) is 0 Å². The van der Waals surface area contributed by atoms with Gasteiger partial charge in [-0.1, -0.05) is 6.92 Å². The van der Waals surface area contributed by atoms with Gasteiger partial charge in [-0.05, 0) is 12.5 Å². The maximum Gasteiger partial charge on any atom is 0.258 e. The Morgan fingerprint density at radius 2 is 2.44 bits per heavy atom. The van der Waals surface area contributed by atoms with E-state index >= 15 is 0 Å². The number of piperazine rings is 1. The van der Waals surface area contributed by atoms with Crippen LogP contribution in [0.1, 0.15) is 23.7 Å². The highest BCUT2D eigenvalue weighted by Crippen LogP contribution is 2.17. The topological polar surface area (TPSA) is 88.3 Å². The molecule has 1 aliphatic rings. The summed E-state index contributed by atoms with van der Waals surface area (Å²) < 4.78 is 0. The quantitative estimate of drug-likeness (QED) is 0.772. The highest BCUT2D eigenvalue weighted by atomic mass is 16.2.